The smallest absolute Gasteiger partial charge is 0.435 e. The molecular weight excluding hydrogens is 507 g/mol. The van der Waals surface area contributed by atoms with Crippen molar-refractivity contribution in [3.8, 4) is 17.2 Å². The first-order valence-corrected chi connectivity index (χ1v) is 13.4. The van der Waals surface area contributed by atoms with Crippen molar-refractivity contribution >= 4 is 12.0 Å². The minimum atomic E-state index is -0.524. The predicted molar refractivity (Wildman–Crippen MR) is 146 cm³/mol. The number of benzene rings is 3. The summed E-state index contributed by atoms with van der Waals surface area (Å²) in [5.74, 6) is -0.516. The summed E-state index contributed by atoms with van der Waals surface area (Å²) in [5, 5.41) is 13.5. The minimum Gasteiger partial charge on any atom is -0.443 e. The number of carbonyl (C=O) groups excluding carboxylic acids is 2. The highest BCUT2D eigenvalue weighted by atomic mass is 19.1. The SMILES string of the molecule is N#Cc1ccc(-c2ccc(C(=O)N(C3CC3)C3CCc4nn(C(=O)OCc5ccccc5)cc4C3)cc2)c(F)c1. The number of aromatic nitrogens is 2. The van der Waals surface area contributed by atoms with Gasteiger partial charge in [-0.15, -0.1) is 0 Å². The van der Waals surface area contributed by atoms with Gasteiger partial charge in [0, 0.05) is 29.4 Å². The summed E-state index contributed by atoms with van der Waals surface area (Å²) in [6.07, 6.45) is 5.20. The third-order valence-corrected chi connectivity index (χ3v) is 7.55. The third kappa shape index (κ3) is 5.23. The van der Waals surface area contributed by atoms with Crippen LogP contribution in [0.25, 0.3) is 11.1 Å². The van der Waals surface area contributed by atoms with Crippen molar-refractivity contribution in [2.75, 3.05) is 0 Å². The molecule has 1 amide bonds. The van der Waals surface area contributed by atoms with Gasteiger partial charge in [-0.05, 0) is 73.1 Å². The van der Waals surface area contributed by atoms with Gasteiger partial charge in [0.1, 0.15) is 12.4 Å². The van der Waals surface area contributed by atoms with Gasteiger partial charge in [-0.25, -0.2) is 9.18 Å². The largest absolute Gasteiger partial charge is 0.443 e. The Morgan fingerprint density at radius 2 is 1.80 bits per heavy atom. The van der Waals surface area contributed by atoms with Crippen molar-refractivity contribution in [1.29, 1.82) is 5.26 Å². The number of nitriles is 1. The maximum atomic E-state index is 14.5. The van der Waals surface area contributed by atoms with Crippen LogP contribution in [-0.4, -0.2) is 38.8 Å². The summed E-state index contributed by atoms with van der Waals surface area (Å²) in [6, 6.07) is 23.0. The molecule has 200 valence electrons. The Morgan fingerprint density at radius 3 is 2.50 bits per heavy atom. The Morgan fingerprint density at radius 1 is 1.02 bits per heavy atom. The van der Waals surface area contributed by atoms with Gasteiger partial charge in [-0.2, -0.15) is 15.0 Å². The highest BCUT2D eigenvalue weighted by molar-refractivity contribution is 5.95. The highest BCUT2D eigenvalue weighted by Crippen LogP contribution is 2.35. The number of ether oxygens (including phenoxy) is 1. The van der Waals surface area contributed by atoms with Crippen molar-refractivity contribution in [2.24, 2.45) is 0 Å². The van der Waals surface area contributed by atoms with Crippen LogP contribution in [-0.2, 0) is 24.2 Å². The fourth-order valence-corrected chi connectivity index (χ4v) is 5.34. The monoisotopic (exact) mass is 534 g/mol. The highest BCUT2D eigenvalue weighted by Gasteiger charge is 2.39. The first kappa shape index (κ1) is 25.5. The molecule has 2 aliphatic rings. The van der Waals surface area contributed by atoms with E-state index in [-0.39, 0.29) is 30.2 Å². The molecule has 3 aromatic carbocycles. The summed E-state index contributed by atoms with van der Waals surface area (Å²) in [4.78, 5) is 28.3. The molecule has 8 heteroatoms. The van der Waals surface area contributed by atoms with Crippen LogP contribution in [0.2, 0.25) is 0 Å². The predicted octanol–water partition coefficient (Wildman–Crippen LogP) is 5.91. The number of nitrogens with zero attached hydrogens (tertiary/aromatic N) is 4. The van der Waals surface area contributed by atoms with Gasteiger partial charge in [0.15, 0.2) is 0 Å². The fourth-order valence-electron chi connectivity index (χ4n) is 5.34. The van der Waals surface area contributed by atoms with Crippen molar-refractivity contribution in [1.82, 2.24) is 14.7 Å². The topological polar surface area (TPSA) is 88.2 Å². The van der Waals surface area contributed by atoms with Crippen LogP contribution in [0.3, 0.4) is 0 Å². The molecule has 2 aliphatic carbocycles. The zero-order valence-corrected chi connectivity index (χ0v) is 21.8. The number of fused-ring (bicyclic) bond motifs is 1. The number of aryl methyl sites for hydroxylation is 1. The van der Waals surface area contributed by atoms with Gasteiger partial charge in [0.2, 0.25) is 0 Å². The molecule has 0 saturated heterocycles. The average molecular weight is 535 g/mol. The van der Waals surface area contributed by atoms with E-state index in [0.29, 0.717) is 29.5 Å². The molecule has 1 heterocycles. The van der Waals surface area contributed by atoms with E-state index in [2.05, 4.69) is 5.10 Å². The van der Waals surface area contributed by atoms with E-state index in [4.69, 9.17) is 10.00 Å². The zero-order valence-electron chi connectivity index (χ0n) is 21.8. The zero-order chi connectivity index (χ0) is 27.6. The average Bonchev–Trinajstić information content (AvgIpc) is 3.73. The molecule has 0 radical (unpaired) electrons. The van der Waals surface area contributed by atoms with E-state index in [1.807, 2.05) is 41.3 Å². The van der Waals surface area contributed by atoms with Gasteiger partial charge >= 0.3 is 6.09 Å². The molecule has 6 rings (SSSR count). The van der Waals surface area contributed by atoms with Gasteiger partial charge in [-0.3, -0.25) is 4.79 Å². The van der Waals surface area contributed by atoms with E-state index < -0.39 is 11.9 Å². The van der Waals surface area contributed by atoms with Crippen molar-refractivity contribution < 1.29 is 18.7 Å². The Balaban J connectivity index is 1.15. The first-order chi connectivity index (χ1) is 19.5. The molecule has 1 fully saturated rings. The van der Waals surface area contributed by atoms with Crippen LogP contribution >= 0.6 is 0 Å². The lowest BCUT2D eigenvalue weighted by Crippen LogP contribution is -2.44. The van der Waals surface area contributed by atoms with Gasteiger partial charge < -0.3 is 9.64 Å². The molecule has 1 saturated carbocycles. The van der Waals surface area contributed by atoms with Crippen LogP contribution in [0.1, 0.15) is 52.0 Å². The molecule has 40 heavy (non-hydrogen) atoms. The van der Waals surface area contributed by atoms with Crippen LogP contribution in [0.15, 0.2) is 79.0 Å². The summed E-state index contributed by atoms with van der Waals surface area (Å²) in [5.41, 5.74) is 4.57. The summed E-state index contributed by atoms with van der Waals surface area (Å²) < 4.78 is 21.2. The van der Waals surface area contributed by atoms with Crippen molar-refractivity contribution in [2.45, 2.75) is 50.8 Å². The molecular formula is C32H27FN4O3. The second kappa shape index (κ2) is 10.8. The van der Waals surface area contributed by atoms with Gasteiger partial charge in [-0.1, -0.05) is 48.5 Å². The van der Waals surface area contributed by atoms with E-state index in [1.165, 1.54) is 10.7 Å². The second-order valence-corrected chi connectivity index (χ2v) is 10.3. The van der Waals surface area contributed by atoms with Crippen LogP contribution in [0, 0.1) is 17.1 Å². The van der Waals surface area contributed by atoms with Gasteiger partial charge in [0.05, 0.1) is 17.3 Å². The Bertz CT molecular complexity index is 1600. The molecule has 1 atom stereocenters. The maximum absolute atomic E-state index is 14.5. The molecule has 4 aromatic rings. The lowest BCUT2D eigenvalue weighted by molar-refractivity contribution is 0.0642. The Hall–Kier alpha value is -4.77. The molecule has 1 unspecified atom stereocenters. The van der Waals surface area contributed by atoms with Crippen LogP contribution in [0.4, 0.5) is 9.18 Å². The maximum Gasteiger partial charge on any atom is 0.435 e. The van der Waals surface area contributed by atoms with E-state index >= 15 is 0 Å². The fraction of sp³-hybridized carbons (Fsp3) is 0.250. The first-order valence-electron chi connectivity index (χ1n) is 13.4. The lowest BCUT2D eigenvalue weighted by Gasteiger charge is -2.34. The lowest BCUT2D eigenvalue weighted by atomic mass is 9.91. The van der Waals surface area contributed by atoms with E-state index in [0.717, 1.165) is 36.1 Å². The molecule has 0 spiro atoms. The second-order valence-electron chi connectivity index (χ2n) is 10.3. The molecule has 1 aromatic heterocycles. The number of rotatable bonds is 6. The van der Waals surface area contributed by atoms with Crippen molar-refractivity contribution in [3.63, 3.8) is 0 Å². The molecule has 0 bridgehead atoms. The molecule has 7 nitrogen and oxygen atoms in total. The number of amides is 1. The third-order valence-electron chi connectivity index (χ3n) is 7.55. The van der Waals surface area contributed by atoms with E-state index in [9.17, 15) is 14.0 Å². The van der Waals surface area contributed by atoms with Gasteiger partial charge in [0.25, 0.3) is 5.91 Å². The molecule has 0 aliphatic heterocycles. The van der Waals surface area contributed by atoms with Crippen LogP contribution < -0.4 is 0 Å². The number of hydrogen-bond acceptors (Lipinski definition) is 5. The van der Waals surface area contributed by atoms with E-state index in [1.54, 1.807) is 42.6 Å². The molecule has 0 N–H and O–H groups in total. The summed E-state index contributed by atoms with van der Waals surface area (Å²) in [7, 11) is 0. The number of carbonyl (C=O) groups is 2. The number of hydrogen-bond donors (Lipinski definition) is 0. The normalized spacial score (nSPS) is 16.1. The standard InChI is InChI=1S/C32H27FN4O3/c33-29-16-22(18-34)6-14-28(29)23-7-9-24(10-8-23)31(38)37(26-11-12-26)27-13-15-30-25(17-27)19-36(35-30)32(39)40-20-21-4-2-1-3-5-21/h1-10,14,16,19,26-27H,11-13,15,17,20H2. The number of halogens is 1. The minimum absolute atomic E-state index is 0.00105. The summed E-state index contributed by atoms with van der Waals surface area (Å²) >= 11 is 0. The Labute approximate surface area is 231 Å². The Kier molecular flexibility index (Phi) is 6.87. The van der Waals surface area contributed by atoms with Crippen LogP contribution in [0.5, 0.6) is 0 Å². The quantitative estimate of drug-likeness (QED) is 0.307. The summed E-state index contributed by atoms with van der Waals surface area (Å²) in [6.45, 7) is 0.174. The van der Waals surface area contributed by atoms with Crippen molar-refractivity contribution in [3.05, 3.63) is 113 Å².